The van der Waals surface area contributed by atoms with Gasteiger partial charge in [-0.1, -0.05) is 65.5 Å². The summed E-state index contributed by atoms with van der Waals surface area (Å²) >= 11 is 13.9. The van der Waals surface area contributed by atoms with Gasteiger partial charge in [-0.05, 0) is 50.5 Å². The van der Waals surface area contributed by atoms with Gasteiger partial charge in [0.25, 0.3) is 0 Å². The summed E-state index contributed by atoms with van der Waals surface area (Å²) in [5, 5.41) is 3.86. The van der Waals surface area contributed by atoms with Crippen LogP contribution in [0.25, 0.3) is 0 Å². The van der Waals surface area contributed by atoms with Gasteiger partial charge in [-0.15, -0.1) is 11.8 Å². The van der Waals surface area contributed by atoms with Crippen molar-refractivity contribution in [3.63, 3.8) is 0 Å². The van der Waals surface area contributed by atoms with E-state index in [4.69, 9.17) is 23.2 Å². The highest BCUT2D eigenvalue weighted by Gasteiger charge is 2.28. The molecule has 0 aliphatic carbocycles. The van der Waals surface area contributed by atoms with Gasteiger partial charge in [0.05, 0.1) is 5.75 Å². The molecular formula is C24H30Cl2N2O2S. The molecular weight excluding hydrogens is 451 g/mol. The zero-order chi connectivity index (χ0) is 23.0. The van der Waals surface area contributed by atoms with Crippen LogP contribution in [0.3, 0.4) is 0 Å². The Morgan fingerprint density at radius 3 is 2.32 bits per heavy atom. The number of hydrogen-bond donors (Lipinski definition) is 1. The molecule has 168 valence electrons. The maximum Gasteiger partial charge on any atom is 0.242 e. The minimum atomic E-state index is -0.555. The molecule has 4 nitrogen and oxygen atoms in total. The summed E-state index contributed by atoms with van der Waals surface area (Å²) in [7, 11) is 0. The predicted molar refractivity (Wildman–Crippen MR) is 132 cm³/mol. The van der Waals surface area contributed by atoms with Crippen LogP contribution >= 0.6 is 35.0 Å². The van der Waals surface area contributed by atoms with Crippen LogP contribution in [0.4, 0.5) is 0 Å². The Bertz CT molecular complexity index is 900. The standard InChI is InChI=1S/C24H30Cl2N2O2S/c1-5-22(24(30)27-6-2)28(13-19-7-8-20(25)12-21(19)26)23(29)15-31-14-18-10-16(3)9-17(4)11-18/h7-12,22H,5-6,13-15H2,1-4H3,(H,27,30)/t22-/m1/s1. The van der Waals surface area contributed by atoms with Gasteiger partial charge in [0.15, 0.2) is 0 Å². The SMILES string of the molecule is CCNC(=O)[C@@H](CC)N(Cc1ccc(Cl)cc1Cl)C(=O)CSCc1cc(C)cc(C)c1. The van der Waals surface area contributed by atoms with Crippen molar-refractivity contribution in [3.05, 3.63) is 68.7 Å². The monoisotopic (exact) mass is 480 g/mol. The van der Waals surface area contributed by atoms with E-state index in [2.05, 4.69) is 37.4 Å². The van der Waals surface area contributed by atoms with Crippen LogP contribution in [0.15, 0.2) is 36.4 Å². The molecule has 2 aromatic carbocycles. The van der Waals surface area contributed by atoms with Gasteiger partial charge < -0.3 is 10.2 Å². The quantitative estimate of drug-likeness (QED) is 0.468. The number of carbonyl (C=O) groups is 2. The second-order valence-corrected chi connectivity index (χ2v) is 9.39. The van der Waals surface area contributed by atoms with E-state index < -0.39 is 6.04 Å². The Balaban J connectivity index is 2.17. The fourth-order valence-corrected chi connectivity index (χ4v) is 4.85. The number of nitrogens with one attached hydrogen (secondary N) is 1. The molecule has 7 heteroatoms. The van der Waals surface area contributed by atoms with E-state index in [1.54, 1.807) is 34.9 Å². The molecule has 0 aromatic heterocycles. The molecule has 0 unspecified atom stereocenters. The first kappa shape index (κ1) is 25.6. The molecule has 0 bridgehead atoms. The lowest BCUT2D eigenvalue weighted by molar-refractivity contribution is -0.139. The maximum absolute atomic E-state index is 13.2. The summed E-state index contributed by atoms with van der Waals surface area (Å²) < 4.78 is 0. The normalized spacial score (nSPS) is 11.8. The molecule has 0 spiro atoms. The van der Waals surface area contributed by atoms with Gasteiger partial charge in [0.1, 0.15) is 6.04 Å². The summed E-state index contributed by atoms with van der Waals surface area (Å²) in [6.07, 6.45) is 0.518. The zero-order valence-electron chi connectivity index (χ0n) is 18.5. The maximum atomic E-state index is 13.2. The van der Waals surface area contributed by atoms with Crippen LogP contribution in [0.5, 0.6) is 0 Å². The highest BCUT2D eigenvalue weighted by atomic mass is 35.5. The molecule has 0 heterocycles. The van der Waals surface area contributed by atoms with Crippen LogP contribution in [0.1, 0.15) is 42.5 Å². The Hall–Kier alpha value is -1.69. The van der Waals surface area contributed by atoms with Gasteiger partial charge in [0, 0.05) is 28.9 Å². The average Bonchev–Trinajstić information content (AvgIpc) is 2.68. The number of benzene rings is 2. The molecule has 0 saturated heterocycles. The molecule has 1 atom stereocenters. The fraction of sp³-hybridized carbons (Fsp3) is 0.417. The van der Waals surface area contributed by atoms with Crippen molar-refractivity contribution in [2.45, 2.75) is 52.5 Å². The third-order valence-electron chi connectivity index (χ3n) is 4.87. The third-order valence-corrected chi connectivity index (χ3v) is 6.44. The van der Waals surface area contributed by atoms with Crippen LogP contribution in [0, 0.1) is 13.8 Å². The van der Waals surface area contributed by atoms with Gasteiger partial charge in [0.2, 0.25) is 11.8 Å². The van der Waals surface area contributed by atoms with E-state index in [1.807, 2.05) is 13.8 Å². The average molecular weight is 481 g/mol. The molecule has 2 amide bonds. The molecule has 31 heavy (non-hydrogen) atoms. The highest BCUT2D eigenvalue weighted by Crippen LogP contribution is 2.24. The van der Waals surface area contributed by atoms with E-state index >= 15 is 0 Å². The lowest BCUT2D eigenvalue weighted by atomic mass is 10.1. The number of aryl methyl sites for hydroxylation is 2. The van der Waals surface area contributed by atoms with Crippen molar-refractivity contribution >= 4 is 46.8 Å². The van der Waals surface area contributed by atoms with E-state index in [0.717, 1.165) is 11.3 Å². The minimum absolute atomic E-state index is 0.0847. The Morgan fingerprint density at radius 2 is 1.74 bits per heavy atom. The molecule has 0 fully saturated rings. The topological polar surface area (TPSA) is 49.4 Å². The highest BCUT2D eigenvalue weighted by molar-refractivity contribution is 7.99. The second-order valence-electron chi connectivity index (χ2n) is 7.56. The number of amides is 2. The number of thioether (sulfide) groups is 1. The number of carbonyl (C=O) groups excluding carboxylic acids is 2. The lowest BCUT2D eigenvalue weighted by Gasteiger charge is -2.30. The van der Waals surface area contributed by atoms with Gasteiger partial charge in [-0.2, -0.15) is 0 Å². The van der Waals surface area contributed by atoms with Crippen molar-refractivity contribution in [2.24, 2.45) is 0 Å². The first-order valence-electron chi connectivity index (χ1n) is 10.4. The van der Waals surface area contributed by atoms with E-state index in [-0.39, 0.29) is 24.1 Å². The summed E-state index contributed by atoms with van der Waals surface area (Å²) in [6.45, 7) is 8.69. The summed E-state index contributed by atoms with van der Waals surface area (Å²) in [5.74, 6) is 0.789. The van der Waals surface area contributed by atoms with Gasteiger partial charge in [-0.3, -0.25) is 9.59 Å². The summed E-state index contributed by atoms with van der Waals surface area (Å²) in [4.78, 5) is 27.5. The Labute approximate surface area is 199 Å². The van der Waals surface area contributed by atoms with Crippen LogP contribution < -0.4 is 5.32 Å². The number of nitrogens with zero attached hydrogens (tertiary/aromatic N) is 1. The lowest BCUT2D eigenvalue weighted by Crippen LogP contribution is -2.49. The number of likely N-dealkylation sites (N-methyl/N-ethyl adjacent to an activating group) is 1. The zero-order valence-corrected chi connectivity index (χ0v) is 20.8. The van der Waals surface area contributed by atoms with Crippen molar-refractivity contribution in [1.82, 2.24) is 10.2 Å². The van der Waals surface area contributed by atoms with E-state index in [0.29, 0.717) is 23.0 Å². The Morgan fingerprint density at radius 1 is 1.06 bits per heavy atom. The summed E-state index contributed by atoms with van der Waals surface area (Å²) in [6, 6.07) is 11.1. The van der Waals surface area contributed by atoms with Crippen LogP contribution in [-0.4, -0.2) is 35.1 Å². The van der Waals surface area contributed by atoms with E-state index in [1.165, 1.54) is 16.7 Å². The van der Waals surface area contributed by atoms with E-state index in [9.17, 15) is 9.59 Å². The first-order valence-corrected chi connectivity index (χ1v) is 12.3. The molecule has 0 radical (unpaired) electrons. The van der Waals surface area contributed by atoms with Gasteiger partial charge in [-0.25, -0.2) is 0 Å². The predicted octanol–water partition coefficient (Wildman–Crippen LogP) is 5.79. The number of rotatable bonds is 10. The smallest absolute Gasteiger partial charge is 0.242 e. The molecule has 2 aromatic rings. The van der Waals surface area contributed by atoms with Crippen LogP contribution in [0.2, 0.25) is 10.0 Å². The van der Waals surface area contributed by atoms with Crippen LogP contribution in [-0.2, 0) is 21.9 Å². The van der Waals surface area contributed by atoms with Crippen molar-refractivity contribution in [3.8, 4) is 0 Å². The van der Waals surface area contributed by atoms with Crippen molar-refractivity contribution < 1.29 is 9.59 Å². The molecule has 0 saturated carbocycles. The van der Waals surface area contributed by atoms with Gasteiger partial charge >= 0.3 is 0 Å². The molecule has 0 aliphatic rings. The minimum Gasteiger partial charge on any atom is -0.355 e. The Kier molecular flexibility index (Phi) is 10.2. The van der Waals surface area contributed by atoms with Crippen molar-refractivity contribution in [1.29, 1.82) is 0 Å². The number of halogens is 2. The summed E-state index contributed by atoms with van der Waals surface area (Å²) in [5.41, 5.74) is 4.38. The largest absolute Gasteiger partial charge is 0.355 e. The third kappa shape index (κ3) is 7.74. The number of hydrogen-bond acceptors (Lipinski definition) is 3. The molecule has 2 rings (SSSR count). The fourth-order valence-electron chi connectivity index (χ4n) is 3.54. The molecule has 0 aliphatic heterocycles. The molecule has 1 N–H and O–H groups in total. The second kappa shape index (κ2) is 12.4. The van der Waals surface area contributed by atoms with Crippen molar-refractivity contribution in [2.75, 3.05) is 12.3 Å². The first-order chi connectivity index (χ1) is 14.7.